The number of nitrogens with zero attached hydrogens (tertiary/aromatic N) is 1. The van der Waals surface area contributed by atoms with Crippen molar-refractivity contribution < 1.29 is 27.4 Å². The Labute approximate surface area is 150 Å². The Bertz CT molecular complexity index is 983. The topological polar surface area (TPSA) is 108 Å². The SMILES string of the molecule is NC(=O)c1cc2c(c(S(=O)(=O)N3CCOCC3)c1)Oc1ccccc1O2. The molecule has 2 N–H and O–H groups in total. The number of fused-ring (bicyclic) bond motifs is 2. The van der Waals surface area contributed by atoms with Crippen LogP contribution in [0.3, 0.4) is 0 Å². The molecule has 0 spiro atoms. The first-order valence-electron chi connectivity index (χ1n) is 7.97. The Kier molecular flexibility index (Phi) is 4.06. The fourth-order valence-corrected chi connectivity index (χ4v) is 4.42. The second-order valence-corrected chi connectivity index (χ2v) is 7.74. The molecule has 1 saturated heterocycles. The molecule has 0 aliphatic carbocycles. The number of rotatable bonds is 3. The summed E-state index contributed by atoms with van der Waals surface area (Å²) in [6.07, 6.45) is 0. The van der Waals surface area contributed by atoms with E-state index in [9.17, 15) is 13.2 Å². The third-order valence-corrected chi connectivity index (χ3v) is 6.08. The van der Waals surface area contributed by atoms with E-state index >= 15 is 0 Å². The van der Waals surface area contributed by atoms with Crippen molar-refractivity contribution in [1.29, 1.82) is 0 Å². The van der Waals surface area contributed by atoms with Gasteiger partial charge in [0, 0.05) is 18.7 Å². The van der Waals surface area contributed by atoms with Crippen molar-refractivity contribution in [2.45, 2.75) is 4.90 Å². The maximum atomic E-state index is 13.1. The Morgan fingerprint density at radius 2 is 1.65 bits per heavy atom. The lowest BCUT2D eigenvalue weighted by Gasteiger charge is -2.28. The fourth-order valence-electron chi connectivity index (χ4n) is 2.86. The number of nitrogens with two attached hydrogens (primary N) is 1. The van der Waals surface area contributed by atoms with Crippen LogP contribution in [-0.4, -0.2) is 44.9 Å². The van der Waals surface area contributed by atoms with Crippen LogP contribution in [-0.2, 0) is 14.8 Å². The molecule has 2 aromatic carbocycles. The van der Waals surface area contributed by atoms with Crippen LogP contribution in [0.15, 0.2) is 41.3 Å². The number of sulfonamides is 1. The van der Waals surface area contributed by atoms with Gasteiger partial charge < -0.3 is 19.9 Å². The number of carbonyl (C=O) groups excluding carboxylic acids is 1. The lowest BCUT2D eigenvalue weighted by molar-refractivity contribution is 0.0729. The molecule has 0 aromatic heterocycles. The van der Waals surface area contributed by atoms with E-state index in [0.717, 1.165) is 0 Å². The summed E-state index contributed by atoms with van der Waals surface area (Å²) in [6.45, 7) is 1.04. The number of benzene rings is 2. The highest BCUT2D eigenvalue weighted by atomic mass is 32.2. The summed E-state index contributed by atoms with van der Waals surface area (Å²) in [6, 6.07) is 9.48. The first-order chi connectivity index (χ1) is 12.5. The molecule has 0 atom stereocenters. The van der Waals surface area contributed by atoms with E-state index in [0.29, 0.717) is 24.7 Å². The summed E-state index contributed by atoms with van der Waals surface area (Å²) >= 11 is 0. The Morgan fingerprint density at radius 3 is 2.31 bits per heavy atom. The second kappa shape index (κ2) is 6.27. The van der Waals surface area contributed by atoms with Crippen molar-refractivity contribution in [1.82, 2.24) is 4.31 Å². The van der Waals surface area contributed by atoms with Gasteiger partial charge in [-0.3, -0.25) is 4.79 Å². The van der Waals surface area contributed by atoms with Gasteiger partial charge in [-0.25, -0.2) is 8.42 Å². The van der Waals surface area contributed by atoms with Gasteiger partial charge in [0.1, 0.15) is 4.90 Å². The van der Waals surface area contributed by atoms with Gasteiger partial charge in [-0.05, 0) is 24.3 Å². The van der Waals surface area contributed by atoms with Crippen molar-refractivity contribution in [2.75, 3.05) is 26.3 Å². The molecule has 2 aromatic rings. The number of morpholine rings is 1. The molecule has 9 heteroatoms. The van der Waals surface area contributed by atoms with E-state index < -0.39 is 15.9 Å². The molecule has 1 amide bonds. The molecule has 0 unspecified atom stereocenters. The lowest BCUT2D eigenvalue weighted by atomic mass is 10.1. The van der Waals surface area contributed by atoms with Crippen LogP contribution >= 0.6 is 0 Å². The van der Waals surface area contributed by atoms with Crippen LogP contribution in [0.2, 0.25) is 0 Å². The molecule has 2 aliphatic heterocycles. The zero-order valence-corrected chi connectivity index (χ0v) is 14.5. The van der Waals surface area contributed by atoms with Crippen LogP contribution < -0.4 is 15.2 Å². The summed E-state index contributed by atoms with van der Waals surface area (Å²) in [5.41, 5.74) is 5.39. The average Bonchev–Trinajstić information content (AvgIpc) is 2.66. The molecular weight excluding hydrogens is 360 g/mol. The third-order valence-electron chi connectivity index (χ3n) is 4.17. The molecule has 4 rings (SSSR count). The predicted molar refractivity (Wildman–Crippen MR) is 91.1 cm³/mol. The first-order valence-corrected chi connectivity index (χ1v) is 9.41. The summed E-state index contributed by atoms with van der Waals surface area (Å²) in [5.74, 6) is 0.238. The zero-order chi connectivity index (χ0) is 18.3. The van der Waals surface area contributed by atoms with Crippen LogP contribution in [0, 0.1) is 0 Å². The number of carbonyl (C=O) groups is 1. The number of ether oxygens (including phenoxy) is 3. The Hall–Kier alpha value is -2.62. The van der Waals surface area contributed by atoms with Crippen LogP contribution in [0.4, 0.5) is 0 Å². The van der Waals surface area contributed by atoms with Crippen molar-refractivity contribution in [2.24, 2.45) is 5.73 Å². The largest absolute Gasteiger partial charge is 0.449 e. The van der Waals surface area contributed by atoms with Gasteiger partial charge in [0.15, 0.2) is 23.0 Å². The van der Waals surface area contributed by atoms with Crippen molar-refractivity contribution in [3.8, 4) is 23.0 Å². The summed E-state index contributed by atoms with van der Waals surface area (Å²) in [5, 5.41) is 0. The predicted octanol–water partition coefficient (Wildman–Crippen LogP) is 1.70. The standard InChI is InChI=1S/C17H16N2O6S/c18-17(20)11-9-14-16(25-13-4-2-1-3-12(13)24-14)15(10-11)26(21,22)19-5-7-23-8-6-19/h1-4,9-10H,5-8H2,(H2,18,20). The quantitative estimate of drug-likeness (QED) is 0.745. The molecular formula is C17H16N2O6S. The average molecular weight is 376 g/mol. The lowest BCUT2D eigenvalue weighted by Crippen LogP contribution is -2.40. The minimum absolute atomic E-state index is 0.0264. The summed E-state index contributed by atoms with van der Waals surface area (Å²) in [7, 11) is -3.92. The first kappa shape index (κ1) is 16.8. The van der Waals surface area contributed by atoms with E-state index in [1.165, 1.54) is 16.4 Å². The molecule has 8 nitrogen and oxygen atoms in total. The molecule has 26 heavy (non-hydrogen) atoms. The Morgan fingerprint density at radius 1 is 1.00 bits per heavy atom. The molecule has 2 aliphatic rings. The maximum absolute atomic E-state index is 13.1. The van der Waals surface area contributed by atoms with Crippen LogP contribution in [0.25, 0.3) is 0 Å². The van der Waals surface area contributed by atoms with Gasteiger partial charge in [-0.15, -0.1) is 0 Å². The van der Waals surface area contributed by atoms with Crippen LogP contribution in [0.1, 0.15) is 10.4 Å². The van der Waals surface area contributed by atoms with E-state index in [2.05, 4.69) is 0 Å². The zero-order valence-electron chi connectivity index (χ0n) is 13.7. The smallest absolute Gasteiger partial charge is 0.248 e. The van der Waals surface area contributed by atoms with Gasteiger partial charge in [0.05, 0.1) is 13.2 Å². The minimum atomic E-state index is -3.92. The molecule has 1 fully saturated rings. The molecule has 2 heterocycles. The van der Waals surface area contributed by atoms with Gasteiger partial charge in [0.2, 0.25) is 15.9 Å². The molecule has 0 bridgehead atoms. The monoisotopic (exact) mass is 376 g/mol. The van der Waals surface area contributed by atoms with Crippen LogP contribution in [0.5, 0.6) is 23.0 Å². The van der Waals surface area contributed by atoms with E-state index in [1.54, 1.807) is 24.3 Å². The van der Waals surface area contributed by atoms with Gasteiger partial charge in [0.25, 0.3) is 0 Å². The van der Waals surface area contributed by atoms with E-state index in [1.807, 2.05) is 0 Å². The van der Waals surface area contributed by atoms with Crippen molar-refractivity contribution in [3.05, 3.63) is 42.0 Å². The van der Waals surface area contributed by atoms with Gasteiger partial charge in [-0.1, -0.05) is 12.1 Å². The summed E-state index contributed by atoms with van der Waals surface area (Å²) < 4.78 is 44.3. The third kappa shape index (κ3) is 2.79. The molecule has 0 saturated carbocycles. The number of primary amides is 1. The van der Waals surface area contributed by atoms with Crippen molar-refractivity contribution >= 4 is 15.9 Å². The van der Waals surface area contributed by atoms with E-state index in [-0.39, 0.29) is 35.0 Å². The van der Waals surface area contributed by atoms with Crippen molar-refractivity contribution in [3.63, 3.8) is 0 Å². The number of hydrogen-bond acceptors (Lipinski definition) is 6. The Balaban J connectivity index is 1.87. The van der Waals surface area contributed by atoms with E-state index in [4.69, 9.17) is 19.9 Å². The minimum Gasteiger partial charge on any atom is -0.449 e. The summed E-state index contributed by atoms with van der Waals surface area (Å²) in [4.78, 5) is 11.5. The number of para-hydroxylation sites is 2. The highest BCUT2D eigenvalue weighted by molar-refractivity contribution is 7.89. The molecule has 136 valence electrons. The fraction of sp³-hybridized carbons (Fsp3) is 0.235. The highest BCUT2D eigenvalue weighted by Gasteiger charge is 2.34. The normalized spacial score (nSPS) is 16.8. The van der Waals surface area contributed by atoms with Gasteiger partial charge >= 0.3 is 0 Å². The number of amides is 1. The van der Waals surface area contributed by atoms with Gasteiger partial charge in [-0.2, -0.15) is 4.31 Å². The molecule has 0 radical (unpaired) electrons. The maximum Gasteiger partial charge on any atom is 0.248 e. The number of hydrogen-bond donors (Lipinski definition) is 1. The highest BCUT2D eigenvalue weighted by Crippen LogP contribution is 2.49. The second-order valence-electron chi connectivity index (χ2n) is 5.83.